The third kappa shape index (κ3) is 5.50. The quantitative estimate of drug-likeness (QED) is 0.673. The molecule has 0 aliphatic heterocycles. The number of hydrogen-bond acceptors (Lipinski definition) is 4. The number of methoxy groups -OCH3 is 1. The van der Waals surface area contributed by atoms with Crippen LogP contribution < -0.4 is 5.32 Å². The number of carbonyl (C=O) groups is 2. The van der Waals surface area contributed by atoms with Crippen molar-refractivity contribution < 1.29 is 24.2 Å². The van der Waals surface area contributed by atoms with Crippen molar-refractivity contribution in [2.45, 2.75) is 6.04 Å². The van der Waals surface area contributed by atoms with Crippen LogP contribution in [0.4, 0.5) is 0 Å². The minimum Gasteiger partial charge on any atom is -0.479 e. The van der Waals surface area contributed by atoms with Crippen LogP contribution in [0.15, 0.2) is 30.3 Å². The molecule has 1 amide bonds. The van der Waals surface area contributed by atoms with Gasteiger partial charge in [-0.15, -0.1) is 0 Å². The molecule has 0 bridgehead atoms. The van der Waals surface area contributed by atoms with Gasteiger partial charge in [0.1, 0.15) is 6.61 Å². The average Bonchev–Trinajstić information content (AvgIpc) is 2.41. The Morgan fingerprint density at radius 1 is 1.26 bits per heavy atom. The number of nitrogens with one attached hydrogen (secondary N) is 1. The third-order valence-electron chi connectivity index (χ3n) is 2.35. The third-order valence-corrected chi connectivity index (χ3v) is 2.35. The average molecular weight is 267 g/mol. The predicted molar refractivity (Wildman–Crippen MR) is 67.7 cm³/mol. The summed E-state index contributed by atoms with van der Waals surface area (Å²) in [5.74, 6) is -1.59. The van der Waals surface area contributed by atoms with E-state index in [9.17, 15) is 9.59 Å². The first-order valence-corrected chi connectivity index (χ1v) is 5.79. The van der Waals surface area contributed by atoms with Gasteiger partial charge in [0.15, 0.2) is 6.04 Å². The molecule has 0 aliphatic rings. The van der Waals surface area contributed by atoms with Gasteiger partial charge >= 0.3 is 5.97 Å². The highest BCUT2D eigenvalue weighted by Gasteiger charge is 2.21. The normalized spacial score (nSPS) is 11.8. The second-order valence-electron chi connectivity index (χ2n) is 3.79. The summed E-state index contributed by atoms with van der Waals surface area (Å²) >= 11 is 0. The van der Waals surface area contributed by atoms with Crippen molar-refractivity contribution in [3.05, 3.63) is 35.9 Å². The molecule has 0 spiro atoms. The molecule has 104 valence electrons. The summed E-state index contributed by atoms with van der Waals surface area (Å²) in [5, 5.41) is 11.5. The lowest BCUT2D eigenvalue weighted by molar-refractivity contribution is -0.142. The molecular weight excluding hydrogens is 250 g/mol. The van der Waals surface area contributed by atoms with Gasteiger partial charge in [-0.3, -0.25) is 4.79 Å². The zero-order valence-electron chi connectivity index (χ0n) is 10.7. The molecule has 0 radical (unpaired) electrons. The van der Waals surface area contributed by atoms with Crippen LogP contribution in [0, 0.1) is 0 Å². The molecule has 0 aromatic heterocycles. The van der Waals surface area contributed by atoms with Gasteiger partial charge in [0, 0.05) is 7.11 Å². The highest BCUT2D eigenvalue weighted by Crippen LogP contribution is 2.12. The first-order valence-electron chi connectivity index (χ1n) is 5.79. The fraction of sp³-hybridized carbons (Fsp3) is 0.385. The number of carboxylic acid groups (broad SMARTS) is 1. The monoisotopic (exact) mass is 267 g/mol. The van der Waals surface area contributed by atoms with E-state index in [0.29, 0.717) is 12.2 Å². The van der Waals surface area contributed by atoms with E-state index >= 15 is 0 Å². The Bertz CT molecular complexity index is 407. The van der Waals surface area contributed by atoms with Crippen LogP contribution in [0.3, 0.4) is 0 Å². The van der Waals surface area contributed by atoms with Crippen LogP contribution in [-0.4, -0.2) is 43.9 Å². The summed E-state index contributed by atoms with van der Waals surface area (Å²) < 4.78 is 9.78. The number of aliphatic carboxylic acids is 1. The van der Waals surface area contributed by atoms with E-state index in [4.69, 9.17) is 14.6 Å². The van der Waals surface area contributed by atoms with Gasteiger partial charge in [-0.1, -0.05) is 30.3 Å². The number of amides is 1. The predicted octanol–water partition coefficient (Wildman–Crippen LogP) is 0.592. The molecule has 6 heteroatoms. The van der Waals surface area contributed by atoms with Crippen molar-refractivity contribution in [2.75, 3.05) is 26.9 Å². The van der Waals surface area contributed by atoms with Crippen LogP contribution in [0.5, 0.6) is 0 Å². The SMILES string of the molecule is COCCOCC(=O)NC(C(=O)O)c1ccccc1. The summed E-state index contributed by atoms with van der Waals surface area (Å²) in [6.45, 7) is 0.474. The molecule has 0 fully saturated rings. The Labute approximate surface area is 111 Å². The summed E-state index contributed by atoms with van der Waals surface area (Å²) in [7, 11) is 1.53. The molecule has 19 heavy (non-hydrogen) atoms. The first kappa shape index (κ1) is 15.1. The summed E-state index contributed by atoms with van der Waals surface area (Å²) in [6, 6.07) is 7.42. The maximum absolute atomic E-state index is 11.6. The van der Waals surface area contributed by atoms with E-state index in [1.54, 1.807) is 30.3 Å². The highest BCUT2D eigenvalue weighted by atomic mass is 16.5. The van der Waals surface area contributed by atoms with Gasteiger partial charge in [-0.25, -0.2) is 4.79 Å². The molecule has 1 atom stereocenters. The Morgan fingerprint density at radius 3 is 2.53 bits per heavy atom. The van der Waals surface area contributed by atoms with Crippen LogP contribution in [-0.2, 0) is 19.1 Å². The standard InChI is InChI=1S/C13H17NO5/c1-18-7-8-19-9-11(15)14-12(13(16)17)10-5-3-2-4-6-10/h2-6,12H,7-9H2,1H3,(H,14,15)(H,16,17). The number of rotatable bonds is 8. The summed E-state index contributed by atoms with van der Waals surface area (Å²) in [5.41, 5.74) is 0.514. The van der Waals surface area contributed by atoms with E-state index in [-0.39, 0.29) is 13.2 Å². The Balaban J connectivity index is 2.51. The van der Waals surface area contributed by atoms with E-state index in [1.165, 1.54) is 7.11 Å². The van der Waals surface area contributed by atoms with Crippen molar-refractivity contribution in [3.63, 3.8) is 0 Å². The second kappa shape index (κ2) is 8.23. The number of benzene rings is 1. The molecule has 0 aliphatic carbocycles. The number of ether oxygens (including phenoxy) is 2. The topological polar surface area (TPSA) is 84.9 Å². The molecular formula is C13H17NO5. The van der Waals surface area contributed by atoms with Crippen molar-refractivity contribution in [2.24, 2.45) is 0 Å². The summed E-state index contributed by atoms with van der Waals surface area (Å²) in [6.07, 6.45) is 0. The first-order chi connectivity index (χ1) is 9.15. The van der Waals surface area contributed by atoms with Crippen LogP contribution in [0.25, 0.3) is 0 Å². The molecule has 1 aromatic carbocycles. The summed E-state index contributed by atoms with van der Waals surface area (Å²) in [4.78, 5) is 22.7. The highest BCUT2D eigenvalue weighted by molar-refractivity contribution is 5.85. The molecule has 2 N–H and O–H groups in total. The fourth-order valence-corrected chi connectivity index (χ4v) is 1.44. The number of carbonyl (C=O) groups excluding carboxylic acids is 1. The lowest BCUT2D eigenvalue weighted by Crippen LogP contribution is -2.36. The molecule has 0 saturated carbocycles. The smallest absolute Gasteiger partial charge is 0.330 e. The minimum absolute atomic E-state index is 0.194. The van der Waals surface area contributed by atoms with Gasteiger partial charge in [0.2, 0.25) is 5.91 Å². The number of hydrogen-bond donors (Lipinski definition) is 2. The van der Waals surface area contributed by atoms with Crippen molar-refractivity contribution in [1.82, 2.24) is 5.32 Å². The van der Waals surface area contributed by atoms with Gasteiger partial charge in [-0.2, -0.15) is 0 Å². The van der Waals surface area contributed by atoms with E-state index in [2.05, 4.69) is 5.32 Å². The van der Waals surface area contributed by atoms with Crippen molar-refractivity contribution >= 4 is 11.9 Å². The van der Waals surface area contributed by atoms with Gasteiger partial charge in [0.25, 0.3) is 0 Å². The molecule has 6 nitrogen and oxygen atoms in total. The molecule has 0 heterocycles. The lowest BCUT2D eigenvalue weighted by Gasteiger charge is -2.14. The largest absolute Gasteiger partial charge is 0.479 e. The zero-order chi connectivity index (χ0) is 14.1. The van der Waals surface area contributed by atoms with Crippen LogP contribution >= 0.6 is 0 Å². The van der Waals surface area contributed by atoms with Gasteiger partial charge in [-0.05, 0) is 5.56 Å². The second-order valence-corrected chi connectivity index (χ2v) is 3.79. The maximum atomic E-state index is 11.6. The maximum Gasteiger partial charge on any atom is 0.330 e. The molecule has 1 aromatic rings. The van der Waals surface area contributed by atoms with Crippen LogP contribution in [0.1, 0.15) is 11.6 Å². The van der Waals surface area contributed by atoms with E-state index < -0.39 is 17.9 Å². The van der Waals surface area contributed by atoms with Gasteiger partial charge < -0.3 is 19.9 Å². The molecule has 0 saturated heterocycles. The van der Waals surface area contributed by atoms with Crippen molar-refractivity contribution in [3.8, 4) is 0 Å². The molecule has 1 unspecified atom stereocenters. The van der Waals surface area contributed by atoms with E-state index in [0.717, 1.165) is 0 Å². The Morgan fingerprint density at radius 2 is 1.95 bits per heavy atom. The minimum atomic E-state index is -1.11. The fourth-order valence-electron chi connectivity index (χ4n) is 1.44. The zero-order valence-corrected chi connectivity index (χ0v) is 10.7. The number of carboxylic acids is 1. The van der Waals surface area contributed by atoms with Crippen molar-refractivity contribution in [1.29, 1.82) is 0 Å². The molecule has 1 rings (SSSR count). The van der Waals surface area contributed by atoms with Crippen LogP contribution in [0.2, 0.25) is 0 Å². The Kier molecular flexibility index (Phi) is 6.56. The van der Waals surface area contributed by atoms with E-state index in [1.807, 2.05) is 0 Å². The lowest BCUT2D eigenvalue weighted by atomic mass is 10.1. The Hall–Kier alpha value is -1.92. The van der Waals surface area contributed by atoms with Gasteiger partial charge in [0.05, 0.1) is 13.2 Å².